The highest BCUT2D eigenvalue weighted by Crippen LogP contribution is 2.47. The Bertz CT molecular complexity index is 1270. The first kappa shape index (κ1) is 27.6. The third-order valence-electron chi connectivity index (χ3n) is 5.90. The fraction of sp³-hybridized carbons (Fsp3) is 0.435. The van der Waals surface area contributed by atoms with Gasteiger partial charge in [-0.1, -0.05) is 28.1 Å². The lowest BCUT2D eigenvalue weighted by atomic mass is 9.82. The van der Waals surface area contributed by atoms with Gasteiger partial charge in [-0.2, -0.15) is 16.8 Å². The first-order chi connectivity index (χ1) is 16.3. The summed E-state index contributed by atoms with van der Waals surface area (Å²) in [5, 5.41) is 0. The minimum Gasteiger partial charge on any atom is -0.497 e. The maximum Gasteiger partial charge on any atom is 0.264 e. The van der Waals surface area contributed by atoms with Crippen molar-refractivity contribution in [2.75, 3.05) is 32.8 Å². The molecule has 0 radical (unpaired) electrons. The van der Waals surface area contributed by atoms with Gasteiger partial charge >= 0.3 is 0 Å². The molecule has 192 valence electrons. The molecule has 12 heteroatoms. The van der Waals surface area contributed by atoms with Gasteiger partial charge in [-0.25, -0.2) is 0 Å². The Morgan fingerprint density at radius 1 is 0.943 bits per heavy atom. The van der Waals surface area contributed by atoms with Crippen LogP contribution in [-0.2, 0) is 40.7 Å². The van der Waals surface area contributed by atoms with E-state index in [4.69, 9.17) is 13.1 Å². The van der Waals surface area contributed by atoms with Gasteiger partial charge in [-0.3, -0.25) is 13.2 Å². The summed E-state index contributed by atoms with van der Waals surface area (Å²) in [5.41, 5.74) is 1.66. The Hall–Kier alpha value is -1.99. The Morgan fingerprint density at radius 2 is 1.49 bits per heavy atom. The number of aryl methyl sites for hydroxylation is 1. The number of carbonyl (C=O) groups excluding carboxylic acids is 1. The van der Waals surface area contributed by atoms with Crippen LogP contribution in [-0.4, -0.2) is 60.5 Å². The van der Waals surface area contributed by atoms with Gasteiger partial charge in [0.25, 0.3) is 26.1 Å². The quantitative estimate of drug-likeness (QED) is 0.366. The number of hydrogen-bond acceptors (Lipinski definition) is 8. The molecule has 0 spiro atoms. The first-order valence-corrected chi connectivity index (χ1v) is 15.1. The standard InChI is InChI=1S/C23H28BrNO8S2/c1-16-13-18(24)14-20-21(16)22(26)25(15-17-5-7-19(31-2)8-6-17)23(20,9-11-32-34(3,27)28)10-12-33-35(4,29)30/h5-8,13-14H,9-12,15H2,1-4H3. The monoisotopic (exact) mass is 589 g/mol. The number of carbonyl (C=O) groups is 1. The van der Waals surface area contributed by atoms with E-state index in [1.165, 1.54) is 0 Å². The molecule has 1 aliphatic rings. The molecular formula is C23H28BrNO8S2. The van der Waals surface area contributed by atoms with Crippen LogP contribution < -0.4 is 4.74 Å². The van der Waals surface area contributed by atoms with Gasteiger partial charge in [0.15, 0.2) is 0 Å². The van der Waals surface area contributed by atoms with E-state index in [1.807, 2.05) is 31.2 Å². The fourth-order valence-corrected chi connectivity index (χ4v) is 5.74. The van der Waals surface area contributed by atoms with Crippen molar-refractivity contribution < 1.29 is 34.7 Å². The molecule has 0 aromatic heterocycles. The van der Waals surface area contributed by atoms with Crippen LogP contribution in [0.15, 0.2) is 40.9 Å². The summed E-state index contributed by atoms with van der Waals surface area (Å²) in [6.45, 7) is 1.62. The molecule has 0 bridgehead atoms. The Morgan fingerprint density at radius 3 is 1.97 bits per heavy atom. The molecule has 9 nitrogen and oxygen atoms in total. The topological polar surface area (TPSA) is 116 Å². The van der Waals surface area contributed by atoms with Crippen molar-refractivity contribution in [2.24, 2.45) is 0 Å². The van der Waals surface area contributed by atoms with Crippen LogP contribution in [0.5, 0.6) is 5.75 Å². The number of rotatable bonds is 11. The van der Waals surface area contributed by atoms with Crippen molar-refractivity contribution in [3.8, 4) is 5.75 Å². The van der Waals surface area contributed by atoms with Gasteiger partial charge in [0.05, 0.1) is 38.4 Å². The zero-order valence-electron chi connectivity index (χ0n) is 19.9. The number of amides is 1. The summed E-state index contributed by atoms with van der Waals surface area (Å²) in [6, 6.07) is 10.9. The van der Waals surface area contributed by atoms with E-state index in [2.05, 4.69) is 15.9 Å². The molecule has 0 aliphatic carbocycles. The summed E-state index contributed by atoms with van der Waals surface area (Å²) in [5.74, 6) is 0.429. The maximum absolute atomic E-state index is 13.8. The first-order valence-electron chi connectivity index (χ1n) is 10.7. The number of ether oxygens (including phenoxy) is 1. The van der Waals surface area contributed by atoms with E-state index >= 15 is 0 Å². The lowest BCUT2D eigenvalue weighted by molar-refractivity contribution is 0.0368. The largest absolute Gasteiger partial charge is 0.497 e. The third kappa shape index (κ3) is 6.62. The van der Waals surface area contributed by atoms with Gasteiger partial charge in [-0.15, -0.1) is 0 Å². The van der Waals surface area contributed by atoms with Gasteiger partial charge in [0.2, 0.25) is 0 Å². The zero-order chi connectivity index (χ0) is 26.0. The summed E-state index contributed by atoms with van der Waals surface area (Å²) in [6.07, 6.45) is 2.13. The molecule has 0 N–H and O–H groups in total. The van der Waals surface area contributed by atoms with E-state index in [9.17, 15) is 21.6 Å². The molecule has 0 fully saturated rings. The van der Waals surface area contributed by atoms with Crippen LogP contribution >= 0.6 is 15.9 Å². The SMILES string of the molecule is COc1ccc(CN2C(=O)c3c(C)cc(Br)cc3C2(CCOS(C)(=O)=O)CCOS(C)(=O)=O)cc1. The van der Waals surface area contributed by atoms with Crippen LogP contribution in [0.3, 0.4) is 0 Å². The van der Waals surface area contributed by atoms with Crippen molar-refractivity contribution >= 4 is 42.1 Å². The average molecular weight is 591 g/mol. The number of halogens is 1. The summed E-state index contributed by atoms with van der Waals surface area (Å²) in [7, 11) is -5.90. The number of benzene rings is 2. The van der Waals surface area contributed by atoms with Crippen molar-refractivity contribution in [1.82, 2.24) is 4.90 Å². The zero-order valence-corrected chi connectivity index (χ0v) is 23.1. The maximum atomic E-state index is 13.8. The fourth-order valence-electron chi connectivity index (χ4n) is 4.39. The molecule has 0 saturated heterocycles. The molecule has 0 unspecified atom stereocenters. The molecule has 1 aliphatic heterocycles. The van der Waals surface area contributed by atoms with Crippen molar-refractivity contribution in [2.45, 2.75) is 31.8 Å². The number of hydrogen-bond donors (Lipinski definition) is 0. The Balaban J connectivity index is 2.11. The molecule has 3 rings (SSSR count). The summed E-state index contributed by atoms with van der Waals surface area (Å²) in [4.78, 5) is 15.4. The highest BCUT2D eigenvalue weighted by Gasteiger charge is 2.50. The lowest BCUT2D eigenvalue weighted by Gasteiger charge is -2.39. The lowest BCUT2D eigenvalue weighted by Crippen LogP contribution is -2.45. The molecule has 1 amide bonds. The second kappa shape index (κ2) is 10.6. The molecule has 0 atom stereocenters. The predicted octanol–water partition coefficient (Wildman–Crippen LogP) is 3.35. The van der Waals surface area contributed by atoms with Crippen molar-refractivity contribution in [1.29, 1.82) is 0 Å². The van der Waals surface area contributed by atoms with E-state index in [0.717, 1.165) is 28.1 Å². The minimum absolute atomic E-state index is 0.109. The van der Waals surface area contributed by atoms with Crippen LogP contribution in [0.25, 0.3) is 0 Å². The Labute approximate surface area is 214 Å². The minimum atomic E-state index is -3.73. The van der Waals surface area contributed by atoms with Crippen LogP contribution in [0, 0.1) is 6.92 Å². The molecular weight excluding hydrogens is 562 g/mol. The second-order valence-corrected chi connectivity index (χ2v) is 12.7. The van der Waals surface area contributed by atoms with E-state index in [-0.39, 0.29) is 38.5 Å². The van der Waals surface area contributed by atoms with Crippen molar-refractivity contribution in [3.05, 3.63) is 63.1 Å². The van der Waals surface area contributed by atoms with Crippen LogP contribution in [0.1, 0.15) is 39.9 Å². The normalized spacial score (nSPS) is 15.3. The third-order valence-corrected chi connectivity index (χ3v) is 7.55. The van der Waals surface area contributed by atoms with E-state index in [1.54, 1.807) is 24.1 Å². The number of methoxy groups -OCH3 is 1. The van der Waals surface area contributed by atoms with Crippen LogP contribution in [0.2, 0.25) is 0 Å². The summed E-state index contributed by atoms with van der Waals surface area (Å²) < 4.78 is 62.8. The summed E-state index contributed by atoms with van der Waals surface area (Å²) >= 11 is 3.49. The predicted molar refractivity (Wildman–Crippen MR) is 134 cm³/mol. The van der Waals surface area contributed by atoms with E-state index < -0.39 is 25.8 Å². The number of nitrogens with zero attached hydrogens (tertiary/aromatic N) is 1. The Kier molecular flexibility index (Phi) is 8.32. The smallest absolute Gasteiger partial charge is 0.264 e. The molecule has 0 saturated carbocycles. The van der Waals surface area contributed by atoms with Gasteiger partial charge in [-0.05, 0) is 60.7 Å². The molecule has 35 heavy (non-hydrogen) atoms. The van der Waals surface area contributed by atoms with Crippen molar-refractivity contribution in [3.63, 3.8) is 0 Å². The molecule has 1 heterocycles. The molecule has 2 aromatic carbocycles. The number of fused-ring (bicyclic) bond motifs is 1. The highest BCUT2D eigenvalue weighted by atomic mass is 79.9. The molecule has 2 aromatic rings. The second-order valence-electron chi connectivity index (χ2n) is 8.47. The average Bonchev–Trinajstić information content (AvgIpc) is 2.95. The van der Waals surface area contributed by atoms with Gasteiger partial charge in [0, 0.05) is 16.6 Å². The van der Waals surface area contributed by atoms with Gasteiger partial charge in [0.1, 0.15) is 5.75 Å². The van der Waals surface area contributed by atoms with Crippen LogP contribution in [0.4, 0.5) is 0 Å². The van der Waals surface area contributed by atoms with Gasteiger partial charge < -0.3 is 9.64 Å². The highest BCUT2D eigenvalue weighted by molar-refractivity contribution is 9.10. The van der Waals surface area contributed by atoms with E-state index in [0.29, 0.717) is 16.9 Å².